The number of hydrogen-bond donors (Lipinski definition) is 0. The molecular formula is C14H17BrCl2. The van der Waals surface area contributed by atoms with Gasteiger partial charge >= 0.3 is 0 Å². The Morgan fingerprint density at radius 2 is 1.82 bits per heavy atom. The molecule has 17 heavy (non-hydrogen) atoms. The number of alkyl halides is 1. The summed E-state index contributed by atoms with van der Waals surface area (Å²) < 4.78 is 0. The molecule has 1 atom stereocenters. The van der Waals surface area contributed by atoms with Crippen molar-refractivity contribution in [2.75, 3.05) is 0 Å². The summed E-state index contributed by atoms with van der Waals surface area (Å²) in [4.78, 5) is 0.361. The topological polar surface area (TPSA) is 0 Å². The molecule has 0 amide bonds. The summed E-state index contributed by atoms with van der Waals surface area (Å²) in [6.45, 7) is 2.34. The average Bonchev–Trinajstić information content (AvgIpc) is 2.29. The molecule has 0 aromatic heterocycles. The molecule has 94 valence electrons. The largest absolute Gasteiger partial charge is 0.0843 e. The van der Waals surface area contributed by atoms with Crippen LogP contribution in [0, 0.1) is 11.8 Å². The van der Waals surface area contributed by atoms with Gasteiger partial charge in [0.25, 0.3) is 0 Å². The van der Waals surface area contributed by atoms with E-state index in [-0.39, 0.29) is 0 Å². The van der Waals surface area contributed by atoms with Gasteiger partial charge in [-0.3, -0.25) is 0 Å². The van der Waals surface area contributed by atoms with Crippen LogP contribution in [0.2, 0.25) is 10.0 Å². The maximum Gasteiger partial charge on any atom is 0.0464 e. The van der Waals surface area contributed by atoms with Crippen molar-refractivity contribution in [1.82, 2.24) is 0 Å². The normalized spacial score (nSPS) is 26.8. The molecule has 2 rings (SSSR count). The van der Waals surface area contributed by atoms with Crippen LogP contribution >= 0.6 is 39.1 Å². The van der Waals surface area contributed by atoms with Crippen LogP contribution in [0.4, 0.5) is 0 Å². The van der Waals surface area contributed by atoms with Gasteiger partial charge in [-0.2, -0.15) is 0 Å². The highest BCUT2D eigenvalue weighted by Gasteiger charge is 2.26. The minimum absolute atomic E-state index is 0.361. The molecule has 1 aromatic rings. The molecule has 1 aromatic carbocycles. The minimum Gasteiger partial charge on any atom is -0.0843 e. The highest BCUT2D eigenvalue weighted by Crippen LogP contribution is 2.43. The van der Waals surface area contributed by atoms with Gasteiger partial charge in [-0.25, -0.2) is 0 Å². The van der Waals surface area contributed by atoms with Gasteiger partial charge in [-0.15, -0.1) is 0 Å². The summed E-state index contributed by atoms with van der Waals surface area (Å²) in [5.74, 6) is 1.58. The monoisotopic (exact) mass is 334 g/mol. The maximum atomic E-state index is 6.26. The Balaban J connectivity index is 2.11. The minimum atomic E-state index is 0.361. The third-order valence-electron chi connectivity index (χ3n) is 3.73. The fourth-order valence-corrected chi connectivity index (χ4v) is 4.14. The fourth-order valence-electron chi connectivity index (χ4n) is 2.56. The van der Waals surface area contributed by atoms with Crippen molar-refractivity contribution in [1.29, 1.82) is 0 Å². The molecule has 1 fully saturated rings. The summed E-state index contributed by atoms with van der Waals surface area (Å²) in [5, 5.41) is 1.48. The molecule has 0 saturated heterocycles. The molecule has 0 aliphatic heterocycles. The standard InChI is InChI=1S/C14H17BrCl2/c1-9-2-4-10(5-3-9)14(15)12-7-6-11(16)8-13(12)17/h6-10,14H,2-5H2,1H3. The number of hydrogen-bond acceptors (Lipinski definition) is 0. The molecule has 0 bridgehead atoms. The molecule has 1 saturated carbocycles. The SMILES string of the molecule is CC1CCC(C(Br)c2ccc(Cl)cc2Cl)CC1. The molecule has 1 unspecified atom stereocenters. The first kappa shape index (κ1) is 13.7. The van der Waals surface area contributed by atoms with Crippen LogP contribution in [0.5, 0.6) is 0 Å². The smallest absolute Gasteiger partial charge is 0.0464 e. The van der Waals surface area contributed by atoms with E-state index in [0.717, 1.165) is 10.9 Å². The average molecular weight is 336 g/mol. The molecule has 0 spiro atoms. The molecule has 3 heteroatoms. The van der Waals surface area contributed by atoms with E-state index in [0.29, 0.717) is 15.8 Å². The number of benzene rings is 1. The van der Waals surface area contributed by atoms with E-state index in [2.05, 4.69) is 22.9 Å². The lowest BCUT2D eigenvalue weighted by atomic mass is 9.80. The molecular weight excluding hydrogens is 319 g/mol. The Morgan fingerprint density at radius 1 is 1.18 bits per heavy atom. The van der Waals surface area contributed by atoms with Crippen molar-refractivity contribution in [3.8, 4) is 0 Å². The third-order valence-corrected chi connectivity index (χ3v) is 5.54. The van der Waals surface area contributed by atoms with Crippen LogP contribution in [0.3, 0.4) is 0 Å². The molecule has 0 heterocycles. The Kier molecular flexibility index (Phi) is 4.80. The van der Waals surface area contributed by atoms with Gasteiger partial charge in [0, 0.05) is 14.9 Å². The van der Waals surface area contributed by atoms with Crippen LogP contribution in [0.15, 0.2) is 18.2 Å². The summed E-state index contributed by atoms with van der Waals surface area (Å²) in [5.41, 5.74) is 1.18. The Morgan fingerprint density at radius 3 is 2.41 bits per heavy atom. The third kappa shape index (κ3) is 3.39. The van der Waals surface area contributed by atoms with E-state index in [1.165, 1.54) is 31.2 Å². The highest BCUT2D eigenvalue weighted by molar-refractivity contribution is 9.09. The first-order chi connectivity index (χ1) is 8.08. The zero-order valence-electron chi connectivity index (χ0n) is 9.93. The Bertz CT molecular complexity index is 384. The van der Waals surface area contributed by atoms with Gasteiger partial charge in [-0.1, -0.05) is 65.0 Å². The van der Waals surface area contributed by atoms with Crippen molar-refractivity contribution in [3.63, 3.8) is 0 Å². The summed E-state index contributed by atoms with van der Waals surface area (Å²) >= 11 is 16.0. The van der Waals surface area contributed by atoms with E-state index in [4.69, 9.17) is 23.2 Å². The van der Waals surface area contributed by atoms with Crippen LogP contribution < -0.4 is 0 Å². The molecule has 0 nitrogen and oxygen atoms in total. The number of halogens is 3. The lowest BCUT2D eigenvalue weighted by Crippen LogP contribution is -2.16. The van der Waals surface area contributed by atoms with Crippen molar-refractivity contribution < 1.29 is 0 Å². The fraction of sp³-hybridized carbons (Fsp3) is 0.571. The second kappa shape index (κ2) is 5.95. The van der Waals surface area contributed by atoms with Gasteiger partial charge in [0.2, 0.25) is 0 Å². The molecule has 0 radical (unpaired) electrons. The van der Waals surface area contributed by atoms with E-state index < -0.39 is 0 Å². The predicted molar refractivity (Wildman–Crippen MR) is 79.3 cm³/mol. The van der Waals surface area contributed by atoms with E-state index in [1.54, 1.807) is 0 Å². The van der Waals surface area contributed by atoms with Gasteiger partial charge in [0.1, 0.15) is 0 Å². The molecule has 1 aliphatic carbocycles. The molecule has 0 N–H and O–H groups in total. The van der Waals surface area contributed by atoms with Crippen LogP contribution in [-0.4, -0.2) is 0 Å². The highest BCUT2D eigenvalue weighted by atomic mass is 79.9. The first-order valence-electron chi connectivity index (χ1n) is 6.17. The van der Waals surface area contributed by atoms with E-state index in [9.17, 15) is 0 Å². The van der Waals surface area contributed by atoms with Gasteiger partial charge in [-0.05, 0) is 42.4 Å². The second-order valence-electron chi connectivity index (χ2n) is 5.09. The van der Waals surface area contributed by atoms with Gasteiger partial charge in [0.05, 0.1) is 0 Å². The molecule has 1 aliphatic rings. The lowest BCUT2D eigenvalue weighted by molar-refractivity contribution is 0.287. The summed E-state index contributed by atoms with van der Waals surface area (Å²) in [6.07, 6.45) is 5.24. The zero-order chi connectivity index (χ0) is 12.4. The van der Waals surface area contributed by atoms with Crippen molar-refractivity contribution in [2.24, 2.45) is 11.8 Å². The van der Waals surface area contributed by atoms with Gasteiger partial charge in [0.15, 0.2) is 0 Å². The summed E-state index contributed by atoms with van der Waals surface area (Å²) in [6, 6.07) is 5.79. The van der Waals surface area contributed by atoms with Gasteiger partial charge < -0.3 is 0 Å². The van der Waals surface area contributed by atoms with Crippen molar-refractivity contribution in [3.05, 3.63) is 33.8 Å². The van der Waals surface area contributed by atoms with E-state index >= 15 is 0 Å². The van der Waals surface area contributed by atoms with Crippen molar-refractivity contribution in [2.45, 2.75) is 37.4 Å². The number of rotatable bonds is 2. The maximum absolute atomic E-state index is 6.26. The van der Waals surface area contributed by atoms with E-state index in [1.807, 2.05) is 18.2 Å². The first-order valence-corrected chi connectivity index (χ1v) is 7.84. The quantitative estimate of drug-likeness (QED) is 0.560. The Hall–Kier alpha value is 0.280. The zero-order valence-corrected chi connectivity index (χ0v) is 13.0. The van der Waals surface area contributed by atoms with Crippen molar-refractivity contribution >= 4 is 39.1 Å². The predicted octanol–water partition coefficient (Wildman–Crippen LogP) is 6.26. The second-order valence-corrected chi connectivity index (χ2v) is 6.92. The summed E-state index contributed by atoms with van der Waals surface area (Å²) in [7, 11) is 0. The van der Waals surface area contributed by atoms with Crippen LogP contribution in [0.1, 0.15) is 43.0 Å². The lowest BCUT2D eigenvalue weighted by Gasteiger charge is -2.30. The Labute approximate surface area is 122 Å². The van der Waals surface area contributed by atoms with Crippen LogP contribution in [-0.2, 0) is 0 Å². The van der Waals surface area contributed by atoms with Crippen LogP contribution in [0.25, 0.3) is 0 Å².